The second kappa shape index (κ2) is 6.87. The quantitative estimate of drug-likeness (QED) is 0.653. The third kappa shape index (κ3) is 4.08. The lowest BCUT2D eigenvalue weighted by Gasteiger charge is -2.20. The minimum absolute atomic E-state index is 0.0461. The van der Waals surface area contributed by atoms with E-state index in [4.69, 9.17) is 0 Å². The monoisotopic (exact) mass is 374 g/mol. The summed E-state index contributed by atoms with van der Waals surface area (Å²) in [6.07, 6.45) is 0.235. The summed E-state index contributed by atoms with van der Waals surface area (Å²) >= 11 is 1.37. The van der Waals surface area contributed by atoms with Crippen molar-refractivity contribution >= 4 is 39.2 Å². The Balaban J connectivity index is 1.77. The number of nitrogens with zero attached hydrogens (tertiary/aromatic N) is 1. The highest BCUT2D eigenvalue weighted by atomic mass is 32.1. The summed E-state index contributed by atoms with van der Waals surface area (Å²) in [6, 6.07) is 7.57. The summed E-state index contributed by atoms with van der Waals surface area (Å²) in [5.74, 6) is -0.855. The SMILES string of the molecule is CC(C)(C)NC(=O)Cc1cc2c(NC(=O)c3ccccc3F)[nH]nc2s1. The van der Waals surface area contributed by atoms with Gasteiger partial charge in [-0.05, 0) is 39.0 Å². The van der Waals surface area contributed by atoms with Crippen molar-refractivity contribution in [2.45, 2.75) is 32.7 Å². The fourth-order valence-electron chi connectivity index (χ4n) is 2.49. The van der Waals surface area contributed by atoms with Crippen LogP contribution in [-0.4, -0.2) is 27.6 Å². The van der Waals surface area contributed by atoms with Gasteiger partial charge in [0.2, 0.25) is 5.91 Å². The van der Waals surface area contributed by atoms with Crippen molar-refractivity contribution in [1.29, 1.82) is 0 Å². The van der Waals surface area contributed by atoms with Crippen LogP contribution in [0.25, 0.3) is 10.2 Å². The second-order valence-electron chi connectivity index (χ2n) is 6.94. The van der Waals surface area contributed by atoms with Gasteiger partial charge in [0, 0.05) is 10.4 Å². The summed E-state index contributed by atoms with van der Waals surface area (Å²) in [7, 11) is 0. The molecule has 3 aromatic rings. The highest BCUT2D eigenvalue weighted by Crippen LogP contribution is 2.30. The van der Waals surface area contributed by atoms with Crippen molar-refractivity contribution in [3.8, 4) is 0 Å². The predicted molar refractivity (Wildman–Crippen MR) is 99.9 cm³/mol. The fourth-order valence-corrected chi connectivity index (χ4v) is 3.48. The summed E-state index contributed by atoms with van der Waals surface area (Å²) in [5, 5.41) is 13.1. The van der Waals surface area contributed by atoms with Gasteiger partial charge in [-0.15, -0.1) is 11.3 Å². The first-order valence-corrected chi connectivity index (χ1v) is 8.88. The summed E-state index contributed by atoms with van der Waals surface area (Å²) in [4.78, 5) is 25.8. The van der Waals surface area contributed by atoms with Crippen molar-refractivity contribution in [3.05, 3.63) is 46.6 Å². The lowest BCUT2D eigenvalue weighted by Crippen LogP contribution is -2.41. The molecule has 0 radical (unpaired) electrons. The van der Waals surface area contributed by atoms with Gasteiger partial charge >= 0.3 is 0 Å². The molecule has 0 fully saturated rings. The van der Waals surface area contributed by atoms with Gasteiger partial charge < -0.3 is 10.6 Å². The average molecular weight is 374 g/mol. The zero-order valence-electron chi connectivity index (χ0n) is 14.6. The third-order valence-corrected chi connectivity index (χ3v) is 4.54. The number of benzene rings is 1. The van der Waals surface area contributed by atoms with E-state index in [0.717, 1.165) is 4.88 Å². The zero-order valence-corrected chi connectivity index (χ0v) is 15.5. The van der Waals surface area contributed by atoms with Crippen LogP contribution in [0.2, 0.25) is 0 Å². The van der Waals surface area contributed by atoms with E-state index in [0.29, 0.717) is 16.0 Å². The number of rotatable bonds is 4. The number of anilines is 1. The van der Waals surface area contributed by atoms with Crippen molar-refractivity contribution in [1.82, 2.24) is 15.5 Å². The molecular formula is C18H19FN4O2S. The molecule has 3 rings (SSSR count). The molecular weight excluding hydrogens is 355 g/mol. The topological polar surface area (TPSA) is 86.9 Å². The molecule has 0 saturated heterocycles. The maximum atomic E-state index is 13.7. The number of hydrogen-bond donors (Lipinski definition) is 3. The highest BCUT2D eigenvalue weighted by molar-refractivity contribution is 7.18. The first-order chi connectivity index (χ1) is 12.2. The molecule has 0 unspecified atom stereocenters. The molecule has 0 aliphatic heterocycles. The van der Waals surface area contributed by atoms with Crippen LogP contribution in [0.1, 0.15) is 36.0 Å². The molecule has 2 heterocycles. The number of thiophene rings is 1. The first-order valence-electron chi connectivity index (χ1n) is 8.06. The summed E-state index contributed by atoms with van der Waals surface area (Å²) in [5.41, 5.74) is -0.344. The van der Waals surface area contributed by atoms with Crippen LogP contribution < -0.4 is 10.6 Å². The lowest BCUT2D eigenvalue weighted by molar-refractivity contribution is -0.121. The van der Waals surface area contributed by atoms with E-state index in [9.17, 15) is 14.0 Å². The van der Waals surface area contributed by atoms with E-state index in [1.54, 1.807) is 6.07 Å². The lowest BCUT2D eigenvalue weighted by atomic mass is 10.1. The molecule has 136 valence electrons. The molecule has 8 heteroatoms. The van der Waals surface area contributed by atoms with Gasteiger partial charge in [-0.25, -0.2) is 4.39 Å². The van der Waals surface area contributed by atoms with E-state index < -0.39 is 11.7 Å². The molecule has 0 saturated carbocycles. The second-order valence-corrected chi connectivity index (χ2v) is 8.05. The maximum Gasteiger partial charge on any atom is 0.259 e. The number of nitrogens with one attached hydrogen (secondary N) is 3. The number of amides is 2. The minimum Gasteiger partial charge on any atom is -0.351 e. The van der Waals surface area contributed by atoms with Crippen molar-refractivity contribution in [2.75, 3.05) is 5.32 Å². The fraction of sp³-hybridized carbons (Fsp3) is 0.278. The van der Waals surface area contributed by atoms with E-state index in [1.807, 2.05) is 26.8 Å². The van der Waals surface area contributed by atoms with Crippen LogP contribution >= 0.6 is 11.3 Å². The molecule has 0 atom stereocenters. The smallest absolute Gasteiger partial charge is 0.259 e. The standard InChI is InChI=1S/C18H19FN4O2S/c1-18(2,3)21-14(24)9-10-8-12-15(22-23-17(12)26-10)20-16(25)11-6-4-5-7-13(11)19/h4-8H,9H2,1-3H3,(H,21,24)(H2,20,22,23,25). The number of hydrogen-bond acceptors (Lipinski definition) is 4. The van der Waals surface area contributed by atoms with E-state index in [-0.39, 0.29) is 23.4 Å². The molecule has 26 heavy (non-hydrogen) atoms. The van der Waals surface area contributed by atoms with Crippen LogP contribution in [0.5, 0.6) is 0 Å². The van der Waals surface area contributed by atoms with Crippen LogP contribution in [0.4, 0.5) is 10.2 Å². The van der Waals surface area contributed by atoms with Gasteiger partial charge in [0.1, 0.15) is 16.5 Å². The number of halogens is 1. The van der Waals surface area contributed by atoms with Gasteiger partial charge in [-0.3, -0.25) is 14.7 Å². The minimum atomic E-state index is -0.592. The largest absolute Gasteiger partial charge is 0.351 e. The molecule has 2 amide bonds. The molecule has 0 spiro atoms. The molecule has 0 aliphatic rings. The van der Waals surface area contributed by atoms with Gasteiger partial charge in [-0.2, -0.15) is 5.10 Å². The van der Waals surface area contributed by atoms with Crippen molar-refractivity contribution in [2.24, 2.45) is 0 Å². The Morgan fingerprint density at radius 1 is 1.27 bits per heavy atom. The Bertz CT molecular complexity index is 971. The van der Waals surface area contributed by atoms with E-state index in [1.165, 1.54) is 29.5 Å². The Labute approximate surface area is 153 Å². The Kier molecular flexibility index (Phi) is 4.78. The van der Waals surface area contributed by atoms with Gasteiger partial charge in [-0.1, -0.05) is 12.1 Å². The van der Waals surface area contributed by atoms with Crippen molar-refractivity contribution < 1.29 is 14.0 Å². The normalized spacial score (nSPS) is 11.5. The summed E-state index contributed by atoms with van der Waals surface area (Å²) in [6.45, 7) is 5.76. The van der Waals surface area contributed by atoms with Gasteiger partial charge in [0.05, 0.1) is 17.4 Å². The number of aromatic nitrogens is 2. The Morgan fingerprint density at radius 3 is 2.69 bits per heavy atom. The molecule has 0 aliphatic carbocycles. The number of carbonyl (C=O) groups excluding carboxylic acids is 2. The van der Waals surface area contributed by atoms with Crippen LogP contribution in [-0.2, 0) is 11.2 Å². The molecule has 3 N–H and O–H groups in total. The van der Waals surface area contributed by atoms with Gasteiger partial charge in [0.15, 0.2) is 0 Å². The Morgan fingerprint density at radius 2 is 2.00 bits per heavy atom. The highest BCUT2D eigenvalue weighted by Gasteiger charge is 2.18. The van der Waals surface area contributed by atoms with E-state index >= 15 is 0 Å². The molecule has 1 aromatic carbocycles. The summed E-state index contributed by atoms with van der Waals surface area (Å²) < 4.78 is 13.7. The van der Waals surface area contributed by atoms with Crippen LogP contribution in [0.15, 0.2) is 30.3 Å². The number of fused-ring (bicyclic) bond motifs is 1. The molecule has 6 nitrogen and oxygen atoms in total. The molecule has 0 bridgehead atoms. The van der Waals surface area contributed by atoms with Crippen LogP contribution in [0.3, 0.4) is 0 Å². The van der Waals surface area contributed by atoms with Gasteiger partial charge in [0.25, 0.3) is 5.91 Å². The number of aromatic amines is 1. The molecule has 2 aromatic heterocycles. The predicted octanol–water partition coefficient (Wildman–Crippen LogP) is 3.47. The number of H-pyrrole nitrogens is 1. The first kappa shape index (κ1) is 18.1. The number of carbonyl (C=O) groups is 2. The van der Waals surface area contributed by atoms with Crippen molar-refractivity contribution in [3.63, 3.8) is 0 Å². The Hall–Kier alpha value is -2.74. The van der Waals surface area contributed by atoms with E-state index in [2.05, 4.69) is 20.8 Å². The van der Waals surface area contributed by atoms with Crippen LogP contribution in [0, 0.1) is 5.82 Å². The average Bonchev–Trinajstić information content (AvgIpc) is 3.07. The maximum absolute atomic E-state index is 13.7. The third-order valence-electron chi connectivity index (χ3n) is 3.51. The zero-order chi connectivity index (χ0) is 18.9.